The van der Waals surface area contributed by atoms with Gasteiger partial charge in [-0.3, -0.25) is 14.7 Å². The third-order valence-electron chi connectivity index (χ3n) is 5.34. The number of nitrogens with zero attached hydrogens (tertiary/aromatic N) is 5. The quantitative estimate of drug-likeness (QED) is 0.785. The van der Waals surface area contributed by atoms with Gasteiger partial charge in [-0.2, -0.15) is 9.97 Å². The lowest BCUT2D eigenvalue weighted by atomic mass is 10.0. The van der Waals surface area contributed by atoms with Crippen molar-refractivity contribution in [2.24, 2.45) is 0 Å². The molecule has 0 spiro atoms. The van der Waals surface area contributed by atoms with E-state index >= 15 is 0 Å². The number of hydrogen-bond acceptors (Lipinski definition) is 7. The molecule has 0 atom stereocenters. The predicted octanol–water partition coefficient (Wildman–Crippen LogP) is 1.71. The first-order valence-electron chi connectivity index (χ1n) is 9.66. The van der Waals surface area contributed by atoms with Crippen LogP contribution in [0.15, 0.2) is 18.3 Å². The minimum absolute atomic E-state index is 0.117. The van der Waals surface area contributed by atoms with E-state index in [1.165, 1.54) is 6.07 Å². The molecule has 0 bridgehead atoms. The Morgan fingerprint density at radius 1 is 1.31 bits per heavy atom. The molecule has 0 aliphatic carbocycles. The number of aromatic nitrogens is 3. The first-order chi connectivity index (χ1) is 13.8. The fourth-order valence-electron chi connectivity index (χ4n) is 3.40. The largest absolute Gasteiger partial charge is 0.453 e. The summed E-state index contributed by atoms with van der Waals surface area (Å²) in [6.07, 6.45) is 3.23. The summed E-state index contributed by atoms with van der Waals surface area (Å²) in [6.45, 7) is 5.45. The molecule has 1 fully saturated rings. The van der Waals surface area contributed by atoms with Gasteiger partial charge in [-0.15, -0.1) is 0 Å². The molecule has 1 aliphatic heterocycles. The third-order valence-corrected chi connectivity index (χ3v) is 5.34. The number of rotatable bonds is 6. The van der Waals surface area contributed by atoms with Crippen molar-refractivity contribution in [2.75, 3.05) is 32.5 Å². The van der Waals surface area contributed by atoms with Crippen molar-refractivity contribution in [2.45, 2.75) is 39.3 Å². The number of anilines is 1. The van der Waals surface area contributed by atoms with E-state index in [0.717, 1.165) is 25.9 Å². The Balaban J connectivity index is 1.48. The van der Waals surface area contributed by atoms with Gasteiger partial charge in [0.05, 0.1) is 22.8 Å². The number of ether oxygens (including phenoxy) is 1. The first-order valence-corrected chi connectivity index (χ1v) is 9.66. The number of aryl methyl sites for hydroxylation is 2. The maximum absolute atomic E-state index is 13.8. The summed E-state index contributed by atoms with van der Waals surface area (Å²) in [6, 6.07) is 3.29. The van der Waals surface area contributed by atoms with Crippen LogP contribution >= 0.6 is 0 Å². The molecule has 8 nitrogen and oxygen atoms in total. The van der Waals surface area contributed by atoms with Crippen LogP contribution in [0.2, 0.25) is 0 Å². The summed E-state index contributed by atoms with van der Waals surface area (Å²) in [5.74, 6) is -0.413. The zero-order valence-corrected chi connectivity index (χ0v) is 17.1. The van der Waals surface area contributed by atoms with Crippen LogP contribution in [0, 0.1) is 19.7 Å². The maximum atomic E-state index is 13.8. The summed E-state index contributed by atoms with van der Waals surface area (Å²) in [7, 11) is 1.78. The van der Waals surface area contributed by atoms with Gasteiger partial charge in [0, 0.05) is 38.9 Å². The molecule has 0 unspecified atom stereocenters. The van der Waals surface area contributed by atoms with Gasteiger partial charge in [0.1, 0.15) is 5.82 Å². The number of nitrogen functional groups attached to an aromatic ring is 1. The fourth-order valence-corrected chi connectivity index (χ4v) is 3.40. The van der Waals surface area contributed by atoms with E-state index in [-0.39, 0.29) is 30.4 Å². The molecule has 2 N–H and O–H groups in total. The number of likely N-dealkylation sites (N-methyl/N-ethyl adjacent to an activating group) is 1. The summed E-state index contributed by atoms with van der Waals surface area (Å²) >= 11 is 0. The van der Waals surface area contributed by atoms with Gasteiger partial charge in [0.15, 0.2) is 6.61 Å². The lowest BCUT2D eigenvalue weighted by Crippen LogP contribution is -2.46. The number of amides is 1. The molecule has 0 aromatic carbocycles. The first kappa shape index (κ1) is 20.9. The summed E-state index contributed by atoms with van der Waals surface area (Å²) in [5, 5.41) is 0. The zero-order valence-electron chi connectivity index (χ0n) is 17.1. The second kappa shape index (κ2) is 9.13. The minimum atomic E-state index is -0.283. The standard InChI is InChI=1S/C20H27FN6O2/c1-13-19(22)14(2)25-20(24-13)29-12-18(28)26(3)15-6-9-27(10-7-15)11-17-16(21)5-4-8-23-17/h4-5,8,15H,6-7,9-12,22H2,1-3H3. The monoisotopic (exact) mass is 402 g/mol. The van der Waals surface area contributed by atoms with Gasteiger partial charge in [0.25, 0.3) is 5.91 Å². The molecular weight excluding hydrogens is 375 g/mol. The number of halogens is 1. The lowest BCUT2D eigenvalue weighted by Gasteiger charge is -2.36. The van der Waals surface area contributed by atoms with Crippen molar-refractivity contribution in [1.82, 2.24) is 24.8 Å². The second-order valence-electron chi connectivity index (χ2n) is 7.32. The second-order valence-corrected chi connectivity index (χ2v) is 7.32. The van der Waals surface area contributed by atoms with E-state index in [4.69, 9.17) is 10.5 Å². The van der Waals surface area contributed by atoms with Crippen molar-refractivity contribution < 1.29 is 13.9 Å². The summed E-state index contributed by atoms with van der Waals surface area (Å²) < 4.78 is 19.3. The number of piperidine rings is 1. The Morgan fingerprint density at radius 3 is 2.59 bits per heavy atom. The summed E-state index contributed by atoms with van der Waals surface area (Å²) in [4.78, 5) is 28.8. The highest BCUT2D eigenvalue weighted by molar-refractivity contribution is 5.77. The average Bonchev–Trinajstić information content (AvgIpc) is 2.72. The normalized spacial score (nSPS) is 15.3. The van der Waals surface area contributed by atoms with Crippen molar-refractivity contribution in [3.63, 3.8) is 0 Å². The average molecular weight is 402 g/mol. The van der Waals surface area contributed by atoms with E-state index < -0.39 is 0 Å². The molecule has 1 saturated heterocycles. The molecule has 1 aliphatic rings. The highest BCUT2D eigenvalue weighted by atomic mass is 19.1. The van der Waals surface area contributed by atoms with E-state index in [0.29, 0.717) is 29.3 Å². The third kappa shape index (κ3) is 5.17. The van der Waals surface area contributed by atoms with Crippen LogP contribution in [0.3, 0.4) is 0 Å². The molecule has 0 saturated carbocycles. The van der Waals surface area contributed by atoms with Gasteiger partial charge in [-0.25, -0.2) is 4.39 Å². The highest BCUT2D eigenvalue weighted by Gasteiger charge is 2.26. The van der Waals surface area contributed by atoms with Gasteiger partial charge in [0.2, 0.25) is 0 Å². The molecule has 2 aromatic heterocycles. The van der Waals surface area contributed by atoms with Crippen molar-refractivity contribution in [3.8, 4) is 6.01 Å². The van der Waals surface area contributed by atoms with Gasteiger partial charge < -0.3 is 15.4 Å². The van der Waals surface area contributed by atoms with Crippen molar-refractivity contribution in [1.29, 1.82) is 0 Å². The number of likely N-dealkylation sites (tertiary alicyclic amines) is 1. The van der Waals surface area contributed by atoms with Crippen LogP contribution in [0.4, 0.5) is 10.1 Å². The summed E-state index contributed by atoms with van der Waals surface area (Å²) in [5.41, 5.74) is 8.08. The molecule has 0 radical (unpaired) electrons. The topological polar surface area (TPSA) is 97.5 Å². The zero-order chi connectivity index (χ0) is 21.0. The SMILES string of the molecule is Cc1nc(OCC(=O)N(C)C2CCN(Cc3ncccc3F)CC2)nc(C)c1N. The number of carbonyl (C=O) groups is 1. The van der Waals surface area contributed by atoms with Crippen LogP contribution in [0.5, 0.6) is 6.01 Å². The lowest BCUT2D eigenvalue weighted by molar-refractivity contribution is -0.135. The number of nitrogens with two attached hydrogens (primary N) is 1. The molecule has 2 aromatic rings. The molecule has 29 heavy (non-hydrogen) atoms. The van der Waals surface area contributed by atoms with Gasteiger partial charge in [-0.05, 0) is 38.8 Å². The molecule has 156 valence electrons. The van der Waals surface area contributed by atoms with E-state index in [9.17, 15) is 9.18 Å². The van der Waals surface area contributed by atoms with Gasteiger partial charge >= 0.3 is 6.01 Å². The molecule has 9 heteroatoms. The highest BCUT2D eigenvalue weighted by Crippen LogP contribution is 2.19. The molecular formula is C20H27FN6O2. The van der Waals surface area contributed by atoms with Gasteiger partial charge in [-0.1, -0.05) is 0 Å². The molecule has 3 heterocycles. The maximum Gasteiger partial charge on any atom is 0.317 e. The van der Waals surface area contributed by atoms with Crippen LogP contribution < -0.4 is 10.5 Å². The number of hydrogen-bond donors (Lipinski definition) is 1. The molecule has 1 amide bonds. The van der Waals surface area contributed by atoms with Crippen LogP contribution in [-0.2, 0) is 11.3 Å². The Bertz CT molecular complexity index is 847. The Labute approximate surface area is 169 Å². The van der Waals surface area contributed by atoms with Crippen LogP contribution in [0.25, 0.3) is 0 Å². The number of carbonyl (C=O) groups excluding carboxylic acids is 1. The number of pyridine rings is 1. The predicted molar refractivity (Wildman–Crippen MR) is 107 cm³/mol. The van der Waals surface area contributed by atoms with Crippen molar-refractivity contribution >= 4 is 11.6 Å². The Morgan fingerprint density at radius 2 is 1.97 bits per heavy atom. The van der Waals surface area contributed by atoms with Crippen LogP contribution in [0.1, 0.15) is 29.9 Å². The fraction of sp³-hybridized carbons (Fsp3) is 0.500. The Hall–Kier alpha value is -2.81. The van der Waals surface area contributed by atoms with Crippen molar-refractivity contribution in [3.05, 3.63) is 41.2 Å². The van der Waals surface area contributed by atoms with Crippen LogP contribution in [-0.4, -0.2) is 63.4 Å². The Kier molecular flexibility index (Phi) is 6.58. The van der Waals surface area contributed by atoms with E-state index in [1.807, 2.05) is 0 Å². The minimum Gasteiger partial charge on any atom is -0.453 e. The smallest absolute Gasteiger partial charge is 0.317 e. The van der Waals surface area contributed by atoms with E-state index in [2.05, 4.69) is 19.9 Å². The molecule has 3 rings (SSSR count). The van der Waals surface area contributed by atoms with E-state index in [1.54, 1.807) is 38.1 Å².